The minimum Gasteiger partial charge on any atom is -0.477 e. The fourth-order valence-electron chi connectivity index (χ4n) is 2.18. The molecule has 0 bridgehead atoms. The van der Waals surface area contributed by atoms with Gasteiger partial charge in [-0.15, -0.1) is 0 Å². The molecule has 6 heteroatoms. The average Bonchev–Trinajstić information content (AvgIpc) is 2.72. The van der Waals surface area contributed by atoms with E-state index in [1.165, 1.54) is 12.3 Å². The summed E-state index contributed by atoms with van der Waals surface area (Å²) in [6.45, 7) is 6.93. The van der Waals surface area contributed by atoms with E-state index in [4.69, 9.17) is 5.11 Å². The molecule has 0 amide bonds. The van der Waals surface area contributed by atoms with Crippen LogP contribution in [0.3, 0.4) is 0 Å². The molecule has 2 aromatic heterocycles. The van der Waals surface area contributed by atoms with Crippen LogP contribution < -0.4 is 5.43 Å². The molecule has 0 aliphatic rings. The highest BCUT2D eigenvalue weighted by molar-refractivity contribution is 5.87. The maximum atomic E-state index is 11.6. The Morgan fingerprint density at radius 3 is 2.65 bits per heavy atom. The van der Waals surface area contributed by atoms with Gasteiger partial charge in [0.1, 0.15) is 5.56 Å². The maximum absolute atomic E-state index is 11.6. The van der Waals surface area contributed by atoms with Gasteiger partial charge in [0.05, 0.1) is 17.9 Å². The molecule has 1 N–H and O–H groups in total. The molecule has 0 aromatic carbocycles. The van der Waals surface area contributed by atoms with Crippen LogP contribution in [0.4, 0.5) is 0 Å². The lowest BCUT2D eigenvalue weighted by Gasteiger charge is -2.12. The van der Waals surface area contributed by atoms with Crippen LogP contribution in [0.5, 0.6) is 0 Å². The van der Waals surface area contributed by atoms with Crippen LogP contribution in [0.2, 0.25) is 0 Å². The highest BCUT2D eigenvalue weighted by atomic mass is 16.4. The third-order valence-electron chi connectivity index (χ3n) is 3.19. The van der Waals surface area contributed by atoms with Crippen LogP contribution in [0.15, 0.2) is 23.1 Å². The summed E-state index contributed by atoms with van der Waals surface area (Å²) in [6, 6.07) is 3.31. The summed E-state index contributed by atoms with van der Waals surface area (Å²) in [5, 5.41) is 13.4. The summed E-state index contributed by atoms with van der Waals surface area (Å²) in [4.78, 5) is 22.6. The zero-order valence-electron chi connectivity index (χ0n) is 11.8. The Morgan fingerprint density at radius 1 is 1.35 bits per heavy atom. The van der Waals surface area contributed by atoms with Crippen LogP contribution in [0.25, 0.3) is 0 Å². The van der Waals surface area contributed by atoms with E-state index in [9.17, 15) is 9.59 Å². The highest BCUT2D eigenvalue weighted by Crippen LogP contribution is 2.09. The van der Waals surface area contributed by atoms with Crippen LogP contribution in [0.1, 0.15) is 34.4 Å². The van der Waals surface area contributed by atoms with Gasteiger partial charge in [-0.25, -0.2) is 4.79 Å². The number of nitrogens with zero attached hydrogens (tertiary/aromatic N) is 3. The third kappa shape index (κ3) is 2.64. The first kappa shape index (κ1) is 14.0. The minimum atomic E-state index is -1.20. The molecule has 0 aliphatic heterocycles. The Balaban J connectivity index is 2.45. The van der Waals surface area contributed by atoms with E-state index in [1.54, 1.807) is 11.5 Å². The summed E-state index contributed by atoms with van der Waals surface area (Å²) >= 11 is 0. The van der Waals surface area contributed by atoms with E-state index in [2.05, 4.69) is 5.10 Å². The molecule has 2 rings (SSSR count). The Bertz CT molecular complexity index is 713. The van der Waals surface area contributed by atoms with Gasteiger partial charge < -0.3 is 9.67 Å². The predicted molar refractivity (Wildman–Crippen MR) is 74.1 cm³/mol. The van der Waals surface area contributed by atoms with Crippen molar-refractivity contribution in [2.24, 2.45) is 0 Å². The quantitative estimate of drug-likeness (QED) is 0.915. The second kappa shape index (κ2) is 5.32. The van der Waals surface area contributed by atoms with E-state index in [0.717, 1.165) is 23.6 Å². The molecular weight excluding hydrogens is 258 g/mol. The fraction of sp³-hybridized carbons (Fsp3) is 0.357. The van der Waals surface area contributed by atoms with Gasteiger partial charge in [-0.3, -0.25) is 9.48 Å². The minimum absolute atomic E-state index is 0.213. The summed E-state index contributed by atoms with van der Waals surface area (Å²) in [5.41, 5.74) is 1.94. The molecule has 0 saturated carbocycles. The normalized spacial score (nSPS) is 10.8. The lowest BCUT2D eigenvalue weighted by atomic mass is 10.2. The van der Waals surface area contributed by atoms with Gasteiger partial charge in [0.25, 0.3) is 0 Å². The van der Waals surface area contributed by atoms with Gasteiger partial charge in [0, 0.05) is 24.5 Å². The Hall–Kier alpha value is -2.37. The molecule has 0 saturated heterocycles. The van der Waals surface area contributed by atoms with E-state index < -0.39 is 11.4 Å². The summed E-state index contributed by atoms with van der Waals surface area (Å²) in [5.74, 6) is -1.20. The van der Waals surface area contributed by atoms with Gasteiger partial charge in [-0.1, -0.05) is 0 Å². The second-order valence-electron chi connectivity index (χ2n) is 4.72. The molecule has 0 unspecified atom stereocenters. The largest absolute Gasteiger partial charge is 0.477 e. The van der Waals surface area contributed by atoms with Crippen LogP contribution >= 0.6 is 0 Å². The lowest BCUT2D eigenvalue weighted by Crippen LogP contribution is -2.20. The molecule has 2 aromatic rings. The number of aromatic nitrogens is 3. The third-order valence-corrected chi connectivity index (χ3v) is 3.19. The number of carboxylic acids is 1. The van der Waals surface area contributed by atoms with Gasteiger partial charge in [-0.05, 0) is 26.8 Å². The first-order valence-corrected chi connectivity index (χ1v) is 6.40. The van der Waals surface area contributed by atoms with E-state index in [1.807, 2.05) is 24.6 Å². The molecule has 0 radical (unpaired) electrons. The van der Waals surface area contributed by atoms with Crippen molar-refractivity contribution < 1.29 is 9.90 Å². The van der Waals surface area contributed by atoms with Crippen molar-refractivity contribution in [3.63, 3.8) is 0 Å². The van der Waals surface area contributed by atoms with Crippen LogP contribution in [-0.2, 0) is 13.1 Å². The number of rotatable bonds is 4. The Kier molecular flexibility index (Phi) is 3.74. The number of aromatic carboxylic acids is 1. The molecule has 0 atom stereocenters. The van der Waals surface area contributed by atoms with Crippen molar-refractivity contribution in [2.45, 2.75) is 33.9 Å². The number of hydrogen-bond donors (Lipinski definition) is 1. The number of carboxylic acid groups (broad SMARTS) is 1. The van der Waals surface area contributed by atoms with Crippen LogP contribution in [0, 0.1) is 13.8 Å². The van der Waals surface area contributed by atoms with E-state index in [-0.39, 0.29) is 5.56 Å². The van der Waals surface area contributed by atoms with Crippen molar-refractivity contribution in [1.29, 1.82) is 0 Å². The maximum Gasteiger partial charge on any atom is 0.341 e. The van der Waals surface area contributed by atoms with Gasteiger partial charge in [0.2, 0.25) is 0 Å². The molecule has 20 heavy (non-hydrogen) atoms. The van der Waals surface area contributed by atoms with Crippen molar-refractivity contribution in [1.82, 2.24) is 14.3 Å². The first-order valence-electron chi connectivity index (χ1n) is 6.40. The van der Waals surface area contributed by atoms with Gasteiger partial charge >= 0.3 is 5.97 Å². The van der Waals surface area contributed by atoms with Crippen molar-refractivity contribution in [3.8, 4) is 0 Å². The highest BCUT2D eigenvalue weighted by Gasteiger charge is 2.12. The molecule has 2 heterocycles. The van der Waals surface area contributed by atoms with Crippen molar-refractivity contribution in [2.75, 3.05) is 0 Å². The standard InChI is InChI=1S/C14H17N3O3/c1-4-17-11(5-9(2)15-17)7-16-8-12(14(19)20)13(18)6-10(16)3/h5-6,8H,4,7H2,1-3H3,(H,19,20). The zero-order valence-corrected chi connectivity index (χ0v) is 11.8. The smallest absolute Gasteiger partial charge is 0.341 e. The van der Waals surface area contributed by atoms with E-state index in [0.29, 0.717) is 6.54 Å². The Morgan fingerprint density at radius 2 is 2.05 bits per heavy atom. The van der Waals surface area contributed by atoms with Gasteiger partial charge in [0.15, 0.2) is 5.43 Å². The molecular formula is C14H17N3O3. The SMILES string of the molecule is CCn1nc(C)cc1Cn1cc(C(=O)O)c(=O)cc1C. The molecule has 0 fully saturated rings. The van der Waals surface area contributed by atoms with Crippen LogP contribution in [-0.4, -0.2) is 25.4 Å². The monoisotopic (exact) mass is 275 g/mol. The number of hydrogen-bond acceptors (Lipinski definition) is 3. The summed E-state index contributed by atoms with van der Waals surface area (Å²) in [6.07, 6.45) is 1.39. The fourth-order valence-corrected chi connectivity index (χ4v) is 2.18. The predicted octanol–water partition coefficient (Wildman–Crippen LogP) is 1.43. The van der Waals surface area contributed by atoms with Gasteiger partial charge in [-0.2, -0.15) is 5.10 Å². The molecule has 0 spiro atoms. The zero-order chi connectivity index (χ0) is 14.9. The van der Waals surface area contributed by atoms with Crippen molar-refractivity contribution >= 4 is 5.97 Å². The molecule has 6 nitrogen and oxygen atoms in total. The summed E-state index contributed by atoms with van der Waals surface area (Å²) < 4.78 is 3.63. The summed E-state index contributed by atoms with van der Waals surface area (Å²) in [7, 11) is 0. The van der Waals surface area contributed by atoms with Crippen molar-refractivity contribution in [3.05, 3.63) is 51.2 Å². The Labute approximate surface area is 116 Å². The lowest BCUT2D eigenvalue weighted by molar-refractivity contribution is 0.0694. The molecule has 0 aliphatic carbocycles. The molecule has 106 valence electrons. The number of aryl methyl sites for hydroxylation is 3. The average molecular weight is 275 g/mol. The topological polar surface area (TPSA) is 77.1 Å². The second-order valence-corrected chi connectivity index (χ2v) is 4.72. The number of carbonyl (C=O) groups is 1. The van der Waals surface area contributed by atoms with E-state index >= 15 is 0 Å². The first-order chi connectivity index (χ1) is 9.42. The number of pyridine rings is 1.